The number of benzene rings is 4. The molecule has 170 valence electrons. The summed E-state index contributed by atoms with van der Waals surface area (Å²) in [5.41, 5.74) is 4.26. The summed E-state index contributed by atoms with van der Waals surface area (Å²) in [5.74, 6) is 0.787. The van der Waals surface area contributed by atoms with Crippen LogP contribution in [0.1, 0.15) is 11.4 Å². The minimum Gasteiger partial charge on any atom is -0.252 e. The standard InChI is InChI=1S/C31H25N2PS/c35-20-19-25-17-15-23-13-11-22-12-14-24-16-18-26(33-31(24)29(22)30(23)32-25)21-34(27-7-3-1-4-8-27)28-9-5-2-6-10-28/h1-18,35H,19-21H2. The Morgan fingerprint density at radius 3 is 1.60 bits per heavy atom. The Hall–Kier alpha value is -3.26. The molecule has 0 atom stereocenters. The number of aromatic nitrogens is 2. The number of fused-ring (bicyclic) bond motifs is 5. The normalized spacial score (nSPS) is 11.6. The van der Waals surface area contributed by atoms with E-state index in [1.54, 1.807) is 0 Å². The van der Waals surface area contributed by atoms with E-state index in [0.717, 1.165) is 56.9 Å². The minimum atomic E-state index is -0.557. The van der Waals surface area contributed by atoms with Gasteiger partial charge in [0.1, 0.15) is 0 Å². The van der Waals surface area contributed by atoms with Crippen LogP contribution in [0.3, 0.4) is 0 Å². The van der Waals surface area contributed by atoms with Crippen LogP contribution in [0.5, 0.6) is 0 Å². The molecule has 0 aliphatic rings. The van der Waals surface area contributed by atoms with Gasteiger partial charge in [-0.3, -0.25) is 9.97 Å². The molecule has 2 heterocycles. The van der Waals surface area contributed by atoms with E-state index >= 15 is 0 Å². The van der Waals surface area contributed by atoms with Crippen LogP contribution < -0.4 is 10.6 Å². The lowest BCUT2D eigenvalue weighted by Crippen LogP contribution is -2.13. The van der Waals surface area contributed by atoms with Gasteiger partial charge in [0.2, 0.25) is 0 Å². The van der Waals surface area contributed by atoms with E-state index in [1.165, 1.54) is 16.0 Å². The summed E-state index contributed by atoms with van der Waals surface area (Å²) in [5, 5.41) is 7.37. The van der Waals surface area contributed by atoms with Gasteiger partial charge in [0, 0.05) is 33.7 Å². The molecule has 6 aromatic rings. The van der Waals surface area contributed by atoms with Gasteiger partial charge in [-0.25, -0.2) is 0 Å². The summed E-state index contributed by atoms with van der Waals surface area (Å²) in [6.45, 7) is 0. The molecule has 0 spiro atoms. The smallest absolute Gasteiger partial charge is 0.0805 e. The van der Waals surface area contributed by atoms with Gasteiger partial charge in [-0.2, -0.15) is 12.6 Å². The van der Waals surface area contributed by atoms with Gasteiger partial charge in [0.15, 0.2) is 0 Å². The van der Waals surface area contributed by atoms with Crippen molar-refractivity contribution in [3.05, 3.63) is 121 Å². The highest BCUT2D eigenvalue weighted by Gasteiger charge is 2.16. The van der Waals surface area contributed by atoms with Crippen LogP contribution in [-0.2, 0) is 12.6 Å². The molecule has 0 aliphatic carbocycles. The highest BCUT2D eigenvalue weighted by Crippen LogP contribution is 2.38. The van der Waals surface area contributed by atoms with Gasteiger partial charge < -0.3 is 0 Å². The number of aryl methyl sites for hydroxylation is 1. The van der Waals surface area contributed by atoms with Crippen LogP contribution in [0.4, 0.5) is 0 Å². The van der Waals surface area contributed by atoms with Crippen LogP contribution in [-0.4, -0.2) is 15.7 Å². The van der Waals surface area contributed by atoms with Gasteiger partial charge in [-0.05, 0) is 48.2 Å². The van der Waals surface area contributed by atoms with E-state index < -0.39 is 7.92 Å². The maximum Gasteiger partial charge on any atom is 0.0805 e. The summed E-state index contributed by atoms with van der Waals surface area (Å²) in [7, 11) is -0.557. The zero-order chi connectivity index (χ0) is 23.6. The Morgan fingerprint density at radius 2 is 1.03 bits per heavy atom. The molecule has 0 saturated carbocycles. The largest absolute Gasteiger partial charge is 0.252 e. The SMILES string of the molecule is SCCc1ccc2ccc3ccc4ccc(CP(c5ccccc5)c5ccccc5)nc4c3c2n1. The highest BCUT2D eigenvalue weighted by molar-refractivity contribution is 7.80. The predicted octanol–water partition coefficient (Wildman–Crippen LogP) is 7.04. The van der Waals surface area contributed by atoms with Crippen molar-refractivity contribution in [1.82, 2.24) is 9.97 Å². The molecular weight excluding hydrogens is 463 g/mol. The molecule has 0 aliphatic heterocycles. The molecule has 4 aromatic carbocycles. The third kappa shape index (κ3) is 4.43. The quantitative estimate of drug-likeness (QED) is 0.155. The van der Waals surface area contributed by atoms with Crippen molar-refractivity contribution in [2.75, 3.05) is 5.75 Å². The Kier molecular flexibility index (Phi) is 6.21. The lowest BCUT2D eigenvalue weighted by atomic mass is 10.0. The molecule has 0 radical (unpaired) electrons. The van der Waals surface area contributed by atoms with E-state index in [9.17, 15) is 0 Å². The average molecular weight is 489 g/mol. The monoisotopic (exact) mass is 488 g/mol. The second-order valence-corrected chi connectivity index (χ2v) is 11.4. The topological polar surface area (TPSA) is 25.8 Å². The first-order valence-corrected chi connectivity index (χ1v) is 14.1. The number of thiol groups is 1. The summed E-state index contributed by atoms with van der Waals surface area (Å²) in [4.78, 5) is 10.3. The molecule has 0 N–H and O–H groups in total. The fraction of sp³-hybridized carbons (Fsp3) is 0.0968. The maximum atomic E-state index is 5.28. The zero-order valence-electron chi connectivity index (χ0n) is 19.3. The molecule has 35 heavy (non-hydrogen) atoms. The van der Waals surface area contributed by atoms with Crippen LogP contribution in [0.25, 0.3) is 32.6 Å². The Morgan fingerprint density at radius 1 is 0.543 bits per heavy atom. The van der Waals surface area contributed by atoms with E-state index in [-0.39, 0.29) is 0 Å². The number of pyridine rings is 2. The Labute approximate surface area is 212 Å². The van der Waals surface area contributed by atoms with E-state index in [4.69, 9.17) is 9.97 Å². The number of hydrogen-bond donors (Lipinski definition) is 1. The van der Waals surface area contributed by atoms with Crippen molar-refractivity contribution in [2.45, 2.75) is 12.6 Å². The van der Waals surface area contributed by atoms with Gasteiger partial charge >= 0.3 is 0 Å². The van der Waals surface area contributed by atoms with Crippen molar-refractivity contribution in [3.8, 4) is 0 Å². The first-order chi connectivity index (χ1) is 17.3. The van der Waals surface area contributed by atoms with Crippen molar-refractivity contribution in [1.29, 1.82) is 0 Å². The van der Waals surface area contributed by atoms with Crippen molar-refractivity contribution >= 4 is 63.7 Å². The first kappa shape index (κ1) is 22.2. The van der Waals surface area contributed by atoms with Crippen LogP contribution in [0.2, 0.25) is 0 Å². The third-order valence-corrected chi connectivity index (χ3v) is 9.15. The minimum absolute atomic E-state index is 0.557. The molecule has 0 bridgehead atoms. The zero-order valence-corrected chi connectivity index (χ0v) is 21.1. The molecular formula is C31H25N2PS. The molecule has 2 nitrogen and oxygen atoms in total. The van der Waals surface area contributed by atoms with Crippen molar-refractivity contribution in [2.24, 2.45) is 0 Å². The lowest BCUT2D eigenvalue weighted by molar-refractivity contribution is 1.08. The summed E-state index contributed by atoms with van der Waals surface area (Å²) >= 11 is 4.41. The predicted molar refractivity (Wildman–Crippen MR) is 155 cm³/mol. The maximum absolute atomic E-state index is 5.28. The Bertz CT molecular complexity index is 1590. The second-order valence-electron chi connectivity index (χ2n) is 8.71. The molecule has 0 saturated heterocycles. The summed E-state index contributed by atoms with van der Waals surface area (Å²) in [6.07, 6.45) is 1.76. The molecule has 2 aromatic heterocycles. The second kappa shape index (κ2) is 9.77. The first-order valence-electron chi connectivity index (χ1n) is 11.9. The van der Waals surface area contributed by atoms with Crippen molar-refractivity contribution < 1.29 is 0 Å². The fourth-order valence-corrected chi connectivity index (χ4v) is 7.16. The van der Waals surface area contributed by atoms with E-state index in [1.807, 2.05) is 0 Å². The molecule has 0 unspecified atom stereocenters. The Balaban J connectivity index is 1.52. The van der Waals surface area contributed by atoms with E-state index in [0.29, 0.717) is 0 Å². The van der Waals surface area contributed by atoms with E-state index in [2.05, 4.69) is 122 Å². The number of rotatable bonds is 6. The van der Waals surface area contributed by atoms with Crippen LogP contribution in [0.15, 0.2) is 109 Å². The highest BCUT2D eigenvalue weighted by atomic mass is 32.1. The van der Waals surface area contributed by atoms with Crippen LogP contribution >= 0.6 is 20.6 Å². The van der Waals surface area contributed by atoms with Crippen LogP contribution in [0, 0.1) is 0 Å². The third-order valence-electron chi connectivity index (χ3n) is 6.44. The number of nitrogens with zero attached hydrogens (tertiary/aromatic N) is 2. The van der Waals surface area contributed by atoms with Gasteiger partial charge in [-0.15, -0.1) is 0 Å². The average Bonchev–Trinajstić information content (AvgIpc) is 2.92. The van der Waals surface area contributed by atoms with Gasteiger partial charge in [0.05, 0.1) is 11.0 Å². The summed E-state index contributed by atoms with van der Waals surface area (Å²) in [6, 6.07) is 39.1. The van der Waals surface area contributed by atoms with Gasteiger partial charge in [0.25, 0.3) is 0 Å². The van der Waals surface area contributed by atoms with Gasteiger partial charge in [-0.1, -0.05) is 97.1 Å². The molecule has 0 amide bonds. The molecule has 6 rings (SSSR count). The summed E-state index contributed by atoms with van der Waals surface area (Å²) < 4.78 is 0. The lowest BCUT2D eigenvalue weighted by Gasteiger charge is -2.19. The fourth-order valence-electron chi connectivity index (χ4n) is 4.71. The molecule has 4 heteroatoms. The number of hydrogen-bond acceptors (Lipinski definition) is 3. The molecule has 0 fully saturated rings. The van der Waals surface area contributed by atoms with Crippen molar-refractivity contribution in [3.63, 3.8) is 0 Å².